The van der Waals surface area contributed by atoms with Crippen molar-refractivity contribution in [2.75, 3.05) is 13.2 Å². The Morgan fingerprint density at radius 1 is 1.19 bits per heavy atom. The largest absolute Gasteiger partial charge is 0.481 e. The Bertz CT molecular complexity index is 388. The van der Waals surface area contributed by atoms with Gasteiger partial charge in [0.1, 0.15) is 0 Å². The van der Waals surface area contributed by atoms with Gasteiger partial charge in [-0.25, -0.2) is 0 Å². The number of carboxylic acids is 1. The highest BCUT2D eigenvalue weighted by Crippen LogP contribution is 2.39. The number of carbonyl (C=O) groups is 2. The number of hydrogen-bond donors (Lipinski definition) is 1. The first-order chi connectivity index (χ1) is 9.94. The smallest absolute Gasteiger partial charge is 0.310 e. The molecule has 2 rings (SSSR count). The van der Waals surface area contributed by atoms with Crippen molar-refractivity contribution >= 4 is 11.9 Å². The second kappa shape index (κ2) is 6.77. The molecule has 1 amide bonds. The average molecular weight is 297 g/mol. The van der Waals surface area contributed by atoms with Gasteiger partial charge in [-0.3, -0.25) is 9.59 Å². The molecule has 2 fully saturated rings. The summed E-state index contributed by atoms with van der Waals surface area (Å²) in [6.45, 7) is 5.01. The normalized spacial score (nSPS) is 29.7. The van der Waals surface area contributed by atoms with Crippen molar-refractivity contribution in [2.45, 2.75) is 70.9 Å². The van der Waals surface area contributed by atoms with E-state index in [0.717, 1.165) is 25.7 Å². The maximum Gasteiger partial charge on any atom is 0.310 e. The van der Waals surface area contributed by atoms with Gasteiger partial charge < -0.3 is 14.7 Å². The number of carboxylic acid groups (broad SMARTS) is 1. The molecule has 5 heteroatoms. The summed E-state index contributed by atoms with van der Waals surface area (Å²) >= 11 is 0. The van der Waals surface area contributed by atoms with Gasteiger partial charge in [-0.05, 0) is 26.7 Å². The van der Waals surface area contributed by atoms with Gasteiger partial charge in [-0.1, -0.05) is 25.7 Å². The summed E-state index contributed by atoms with van der Waals surface area (Å²) in [5, 5.41) is 9.68. The van der Waals surface area contributed by atoms with Crippen LogP contribution in [-0.2, 0) is 14.3 Å². The molecule has 1 N–H and O–H groups in total. The first-order valence-corrected chi connectivity index (χ1v) is 8.09. The molecule has 2 atom stereocenters. The van der Waals surface area contributed by atoms with Gasteiger partial charge in [-0.15, -0.1) is 0 Å². The van der Waals surface area contributed by atoms with Crippen LogP contribution in [0.3, 0.4) is 0 Å². The average Bonchev–Trinajstić information content (AvgIpc) is 2.68. The highest BCUT2D eigenvalue weighted by molar-refractivity contribution is 5.85. The molecule has 120 valence electrons. The molecule has 0 aromatic rings. The van der Waals surface area contributed by atoms with Crippen LogP contribution in [0.4, 0.5) is 0 Å². The molecule has 2 unspecified atom stereocenters. The van der Waals surface area contributed by atoms with Crippen molar-refractivity contribution in [1.29, 1.82) is 0 Å². The van der Waals surface area contributed by atoms with Gasteiger partial charge in [0, 0.05) is 13.0 Å². The fourth-order valence-electron chi connectivity index (χ4n) is 3.51. The van der Waals surface area contributed by atoms with E-state index >= 15 is 0 Å². The van der Waals surface area contributed by atoms with Crippen molar-refractivity contribution in [3.63, 3.8) is 0 Å². The van der Waals surface area contributed by atoms with E-state index in [4.69, 9.17) is 4.74 Å². The SMILES string of the molecule is CC1CN(C(=O)CC2(C(=O)O)CCCCCC2)C(C)CO1. The Kier molecular flexibility index (Phi) is 5.25. The minimum atomic E-state index is -0.852. The molecule has 1 saturated heterocycles. The number of rotatable bonds is 3. The van der Waals surface area contributed by atoms with Gasteiger partial charge in [0.2, 0.25) is 5.91 Å². The quantitative estimate of drug-likeness (QED) is 0.813. The zero-order valence-electron chi connectivity index (χ0n) is 13.1. The monoisotopic (exact) mass is 297 g/mol. The lowest BCUT2D eigenvalue weighted by molar-refractivity contribution is -0.158. The van der Waals surface area contributed by atoms with E-state index in [1.165, 1.54) is 0 Å². The lowest BCUT2D eigenvalue weighted by atomic mass is 9.77. The zero-order chi connectivity index (χ0) is 15.5. The van der Waals surface area contributed by atoms with E-state index in [1.54, 1.807) is 0 Å². The maximum atomic E-state index is 12.7. The number of hydrogen-bond acceptors (Lipinski definition) is 3. The molecule has 1 aliphatic heterocycles. The fraction of sp³-hybridized carbons (Fsp3) is 0.875. The molecule has 0 radical (unpaired) electrons. The summed E-state index contributed by atoms with van der Waals surface area (Å²) in [6.07, 6.45) is 5.40. The molecular formula is C16H27NO4. The van der Waals surface area contributed by atoms with Crippen LogP contribution in [-0.4, -0.2) is 47.2 Å². The number of aliphatic carboxylic acids is 1. The van der Waals surface area contributed by atoms with Gasteiger partial charge in [0.25, 0.3) is 0 Å². The minimum absolute atomic E-state index is 0.0260. The fourth-order valence-corrected chi connectivity index (χ4v) is 3.51. The summed E-state index contributed by atoms with van der Waals surface area (Å²) in [5.41, 5.74) is -0.852. The number of nitrogens with zero attached hydrogens (tertiary/aromatic N) is 1. The molecule has 2 aliphatic rings. The predicted molar refractivity (Wildman–Crippen MR) is 79.0 cm³/mol. The zero-order valence-corrected chi connectivity index (χ0v) is 13.1. The van der Waals surface area contributed by atoms with Crippen molar-refractivity contribution in [3.05, 3.63) is 0 Å². The molecule has 1 saturated carbocycles. The van der Waals surface area contributed by atoms with E-state index < -0.39 is 11.4 Å². The van der Waals surface area contributed by atoms with E-state index in [-0.39, 0.29) is 24.5 Å². The molecule has 0 aromatic carbocycles. The highest BCUT2D eigenvalue weighted by atomic mass is 16.5. The molecular weight excluding hydrogens is 270 g/mol. The standard InChI is InChI=1S/C16H27NO4/c1-12-11-21-13(2)10-17(12)14(18)9-16(15(19)20)7-5-3-4-6-8-16/h12-13H,3-11H2,1-2H3,(H,19,20). The summed E-state index contributed by atoms with van der Waals surface area (Å²) in [7, 11) is 0. The molecule has 0 bridgehead atoms. The van der Waals surface area contributed by atoms with Crippen molar-refractivity contribution in [1.82, 2.24) is 4.90 Å². The Balaban J connectivity index is 2.08. The highest BCUT2D eigenvalue weighted by Gasteiger charge is 2.42. The topological polar surface area (TPSA) is 66.8 Å². The second-order valence-electron chi connectivity index (χ2n) is 6.72. The summed E-state index contributed by atoms with van der Waals surface area (Å²) in [5.74, 6) is -0.825. The molecule has 5 nitrogen and oxygen atoms in total. The Labute approximate surface area is 126 Å². The van der Waals surface area contributed by atoms with Crippen LogP contribution in [0.5, 0.6) is 0 Å². The van der Waals surface area contributed by atoms with Crippen LogP contribution in [0.25, 0.3) is 0 Å². The third kappa shape index (κ3) is 3.76. The first-order valence-electron chi connectivity index (χ1n) is 8.09. The maximum absolute atomic E-state index is 12.7. The van der Waals surface area contributed by atoms with Crippen LogP contribution < -0.4 is 0 Å². The molecule has 21 heavy (non-hydrogen) atoms. The third-order valence-corrected chi connectivity index (χ3v) is 4.93. The van der Waals surface area contributed by atoms with Crippen LogP contribution in [0.15, 0.2) is 0 Å². The summed E-state index contributed by atoms with van der Waals surface area (Å²) in [6, 6.07) is 0.0327. The van der Waals surface area contributed by atoms with E-state index in [1.807, 2.05) is 18.7 Å². The third-order valence-electron chi connectivity index (χ3n) is 4.93. The lowest BCUT2D eigenvalue weighted by Crippen LogP contribution is -2.51. The molecule has 1 heterocycles. The van der Waals surface area contributed by atoms with Crippen molar-refractivity contribution in [2.24, 2.45) is 5.41 Å². The number of morpholine rings is 1. The minimum Gasteiger partial charge on any atom is -0.481 e. The number of ether oxygens (including phenoxy) is 1. The number of carbonyl (C=O) groups excluding carboxylic acids is 1. The lowest BCUT2D eigenvalue weighted by Gasteiger charge is -2.39. The van der Waals surface area contributed by atoms with Gasteiger partial charge in [-0.2, -0.15) is 0 Å². The van der Waals surface area contributed by atoms with Gasteiger partial charge in [0.15, 0.2) is 0 Å². The van der Waals surface area contributed by atoms with Crippen LogP contribution in [0, 0.1) is 5.41 Å². The molecule has 0 spiro atoms. The molecule has 0 aromatic heterocycles. The van der Waals surface area contributed by atoms with E-state index in [2.05, 4.69) is 0 Å². The molecule has 1 aliphatic carbocycles. The van der Waals surface area contributed by atoms with Gasteiger partial charge in [0.05, 0.1) is 24.2 Å². The second-order valence-corrected chi connectivity index (χ2v) is 6.72. The van der Waals surface area contributed by atoms with Gasteiger partial charge >= 0.3 is 5.97 Å². The Morgan fingerprint density at radius 2 is 1.81 bits per heavy atom. The van der Waals surface area contributed by atoms with E-state index in [0.29, 0.717) is 26.0 Å². The van der Waals surface area contributed by atoms with Crippen LogP contribution in [0.2, 0.25) is 0 Å². The summed E-state index contributed by atoms with van der Waals surface area (Å²) < 4.78 is 5.54. The Hall–Kier alpha value is -1.10. The van der Waals surface area contributed by atoms with Crippen LogP contribution in [0.1, 0.15) is 58.8 Å². The first kappa shape index (κ1) is 16.3. The Morgan fingerprint density at radius 3 is 2.38 bits per heavy atom. The predicted octanol–water partition coefficient (Wildman–Crippen LogP) is 2.44. The van der Waals surface area contributed by atoms with Crippen molar-refractivity contribution < 1.29 is 19.4 Å². The number of amides is 1. The summed E-state index contributed by atoms with van der Waals surface area (Å²) in [4.78, 5) is 26.3. The van der Waals surface area contributed by atoms with E-state index in [9.17, 15) is 14.7 Å². The van der Waals surface area contributed by atoms with Crippen LogP contribution >= 0.6 is 0 Å². The van der Waals surface area contributed by atoms with Crippen molar-refractivity contribution in [3.8, 4) is 0 Å².